The quantitative estimate of drug-likeness (QED) is 0.475. The minimum atomic E-state index is -0.769. The summed E-state index contributed by atoms with van der Waals surface area (Å²) in [6.45, 7) is 1.65. The lowest BCUT2D eigenvalue weighted by atomic mass is 10.1. The van der Waals surface area contributed by atoms with E-state index >= 15 is 0 Å². The van der Waals surface area contributed by atoms with Gasteiger partial charge in [0.1, 0.15) is 16.6 Å². The fourth-order valence-electron chi connectivity index (χ4n) is 3.13. The molecule has 0 saturated carbocycles. The van der Waals surface area contributed by atoms with Crippen LogP contribution in [0.25, 0.3) is 21.3 Å². The topological polar surface area (TPSA) is 73.2 Å². The smallest absolute Gasteiger partial charge is 0.263 e. The Bertz CT molecular complexity index is 1280. The third-order valence-electron chi connectivity index (χ3n) is 4.85. The van der Waals surface area contributed by atoms with Gasteiger partial charge in [-0.1, -0.05) is 35.9 Å². The molecule has 2 heterocycles. The van der Waals surface area contributed by atoms with E-state index in [1.54, 1.807) is 38.3 Å². The first-order valence-electron chi connectivity index (χ1n) is 9.17. The average molecular weight is 440 g/mol. The summed E-state index contributed by atoms with van der Waals surface area (Å²) < 4.78 is 6.54. The monoisotopic (exact) mass is 439 g/mol. The lowest BCUT2D eigenvalue weighted by Crippen LogP contribution is -2.31. The molecule has 0 fully saturated rings. The highest BCUT2D eigenvalue weighted by molar-refractivity contribution is 7.17. The summed E-state index contributed by atoms with van der Waals surface area (Å²) in [4.78, 5) is 31.0. The number of benzene rings is 2. The van der Waals surface area contributed by atoms with Crippen molar-refractivity contribution in [1.29, 1.82) is 0 Å². The van der Waals surface area contributed by atoms with Gasteiger partial charge in [-0.2, -0.15) is 0 Å². The van der Waals surface area contributed by atoms with Crippen LogP contribution < -0.4 is 15.6 Å². The summed E-state index contributed by atoms with van der Waals surface area (Å²) >= 11 is 7.51. The van der Waals surface area contributed by atoms with Crippen LogP contribution in [-0.2, 0) is 4.79 Å². The van der Waals surface area contributed by atoms with Gasteiger partial charge in [-0.3, -0.25) is 14.2 Å². The van der Waals surface area contributed by atoms with Crippen LogP contribution in [0, 0.1) is 0 Å². The number of amides is 1. The van der Waals surface area contributed by atoms with Crippen molar-refractivity contribution < 1.29 is 9.53 Å². The van der Waals surface area contributed by atoms with Crippen molar-refractivity contribution in [2.45, 2.75) is 13.0 Å². The number of nitrogens with one attached hydrogen (secondary N) is 1. The van der Waals surface area contributed by atoms with E-state index in [9.17, 15) is 9.59 Å². The molecule has 0 unspecified atom stereocenters. The Morgan fingerprint density at radius 3 is 2.63 bits per heavy atom. The molecule has 0 saturated heterocycles. The highest BCUT2D eigenvalue weighted by Gasteiger charge is 2.21. The standard InChI is InChI=1S/C22H18ClN3O3S/c1-13(20(27)25-18-6-4-3-5-17(18)23)26-12-24-21-19(22(26)28)16(11-30-21)14-7-9-15(29-2)10-8-14/h3-13H,1-2H3,(H,25,27)/t13-/m0/s1. The maximum absolute atomic E-state index is 13.3. The number of carbonyl (C=O) groups is 1. The molecule has 0 spiro atoms. The van der Waals surface area contributed by atoms with Crippen molar-refractivity contribution in [3.63, 3.8) is 0 Å². The molecule has 0 aliphatic rings. The van der Waals surface area contributed by atoms with E-state index in [1.165, 1.54) is 22.2 Å². The van der Waals surface area contributed by atoms with Crippen molar-refractivity contribution in [2.75, 3.05) is 12.4 Å². The van der Waals surface area contributed by atoms with Crippen LogP contribution in [0.5, 0.6) is 5.75 Å². The summed E-state index contributed by atoms with van der Waals surface area (Å²) in [5.41, 5.74) is 1.89. The number of nitrogens with zero attached hydrogens (tertiary/aromatic N) is 2. The molecule has 1 atom stereocenters. The first kappa shape index (κ1) is 20.1. The maximum Gasteiger partial charge on any atom is 0.263 e. The van der Waals surface area contributed by atoms with Gasteiger partial charge in [0.25, 0.3) is 5.56 Å². The van der Waals surface area contributed by atoms with Crippen molar-refractivity contribution in [3.8, 4) is 16.9 Å². The molecule has 2 aromatic carbocycles. The molecule has 152 valence electrons. The zero-order valence-corrected chi connectivity index (χ0v) is 17.8. The van der Waals surface area contributed by atoms with E-state index in [2.05, 4.69) is 10.3 Å². The van der Waals surface area contributed by atoms with Gasteiger partial charge >= 0.3 is 0 Å². The Hall–Kier alpha value is -3.16. The van der Waals surface area contributed by atoms with Gasteiger partial charge in [-0.25, -0.2) is 4.98 Å². The Morgan fingerprint density at radius 2 is 1.93 bits per heavy atom. The van der Waals surface area contributed by atoms with Crippen LogP contribution in [0.15, 0.2) is 65.0 Å². The van der Waals surface area contributed by atoms with Crippen LogP contribution in [0.2, 0.25) is 5.02 Å². The molecule has 8 heteroatoms. The van der Waals surface area contributed by atoms with Crippen molar-refractivity contribution in [2.24, 2.45) is 0 Å². The summed E-state index contributed by atoms with van der Waals surface area (Å²) in [6, 6.07) is 13.6. The number of hydrogen-bond acceptors (Lipinski definition) is 5. The number of hydrogen-bond donors (Lipinski definition) is 1. The third-order valence-corrected chi connectivity index (χ3v) is 6.06. The number of aromatic nitrogens is 2. The largest absolute Gasteiger partial charge is 0.497 e. The van der Waals surface area contributed by atoms with Crippen LogP contribution in [0.3, 0.4) is 0 Å². The second-order valence-electron chi connectivity index (χ2n) is 6.66. The number of fused-ring (bicyclic) bond motifs is 1. The molecule has 30 heavy (non-hydrogen) atoms. The Morgan fingerprint density at radius 1 is 1.20 bits per heavy atom. The van der Waals surface area contributed by atoms with Gasteiger partial charge in [-0.15, -0.1) is 11.3 Å². The van der Waals surface area contributed by atoms with Gasteiger partial charge in [-0.05, 0) is 36.8 Å². The zero-order valence-electron chi connectivity index (χ0n) is 16.3. The number of ether oxygens (including phenoxy) is 1. The van der Waals surface area contributed by atoms with Crippen LogP contribution in [0.4, 0.5) is 5.69 Å². The summed E-state index contributed by atoms with van der Waals surface area (Å²) in [5, 5.41) is 5.59. The molecule has 4 aromatic rings. The number of para-hydroxylation sites is 1. The SMILES string of the molecule is COc1ccc(-c2csc3ncn([C@@H](C)C(=O)Nc4ccccc4Cl)c(=O)c23)cc1. The van der Waals surface area contributed by atoms with Crippen LogP contribution >= 0.6 is 22.9 Å². The molecular weight excluding hydrogens is 422 g/mol. The Balaban J connectivity index is 1.71. The van der Waals surface area contributed by atoms with E-state index in [0.717, 1.165) is 16.9 Å². The second kappa shape index (κ2) is 8.30. The molecule has 0 bridgehead atoms. The molecule has 0 aliphatic heterocycles. The Labute approximate surface area is 181 Å². The highest BCUT2D eigenvalue weighted by atomic mass is 35.5. The molecule has 2 aromatic heterocycles. The van der Waals surface area contributed by atoms with E-state index < -0.39 is 6.04 Å². The number of rotatable bonds is 5. The first-order chi connectivity index (χ1) is 14.5. The molecule has 0 radical (unpaired) electrons. The van der Waals surface area contributed by atoms with Crippen molar-refractivity contribution in [1.82, 2.24) is 9.55 Å². The second-order valence-corrected chi connectivity index (χ2v) is 7.93. The molecule has 4 rings (SSSR count). The number of carbonyl (C=O) groups excluding carboxylic acids is 1. The fourth-order valence-corrected chi connectivity index (χ4v) is 4.22. The number of methoxy groups -OCH3 is 1. The predicted molar refractivity (Wildman–Crippen MR) is 121 cm³/mol. The minimum Gasteiger partial charge on any atom is -0.497 e. The summed E-state index contributed by atoms with van der Waals surface area (Å²) in [5.74, 6) is 0.381. The maximum atomic E-state index is 13.3. The first-order valence-corrected chi connectivity index (χ1v) is 10.4. The number of thiophene rings is 1. The van der Waals surface area contributed by atoms with Gasteiger partial charge < -0.3 is 10.1 Å². The van der Waals surface area contributed by atoms with E-state index in [-0.39, 0.29) is 11.5 Å². The van der Waals surface area contributed by atoms with Gasteiger partial charge in [0.15, 0.2) is 0 Å². The summed E-state index contributed by atoms with van der Waals surface area (Å²) in [6.07, 6.45) is 1.41. The van der Waals surface area contributed by atoms with Gasteiger partial charge in [0.2, 0.25) is 5.91 Å². The lowest BCUT2D eigenvalue weighted by Gasteiger charge is -2.15. The van der Waals surface area contributed by atoms with Crippen LogP contribution in [-0.4, -0.2) is 22.6 Å². The molecule has 6 nitrogen and oxygen atoms in total. The number of anilines is 1. The lowest BCUT2D eigenvalue weighted by molar-refractivity contribution is -0.118. The zero-order chi connectivity index (χ0) is 21.3. The van der Waals surface area contributed by atoms with Crippen molar-refractivity contribution in [3.05, 3.63) is 75.6 Å². The molecule has 1 N–H and O–H groups in total. The highest BCUT2D eigenvalue weighted by Crippen LogP contribution is 2.32. The Kier molecular flexibility index (Phi) is 5.57. The fraction of sp³-hybridized carbons (Fsp3) is 0.136. The van der Waals surface area contributed by atoms with Gasteiger partial charge in [0, 0.05) is 10.9 Å². The molecule has 0 aliphatic carbocycles. The van der Waals surface area contributed by atoms with E-state index in [4.69, 9.17) is 16.3 Å². The molecular formula is C22H18ClN3O3S. The average Bonchev–Trinajstić information content (AvgIpc) is 3.20. The third kappa shape index (κ3) is 3.69. The normalized spacial score (nSPS) is 12.0. The minimum absolute atomic E-state index is 0.270. The van der Waals surface area contributed by atoms with E-state index in [1.807, 2.05) is 29.6 Å². The summed E-state index contributed by atoms with van der Waals surface area (Å²) in [7, 11) is 1.60. The van der Waals surface area contributed by atoms with Gasteiger partial charge in [0.05, 0.1) is 29.5 Å². The number of halogens is 1. The predicted octanol–water partition coefficient (Wildman–Crippen LogP) is 4.99. The van der Waals surface area contributed by atoms with E-state index in [0.29, 0.717) is 20.9 Å². The van der Waals surface area contributed by atoms with Crippen molar-refractivity contribution >= 4 is 44.7 Å². The van der Waals surface area contributed by atoms with Crippen LogP contribution in [0.1, 0.15) is 13.0 Å². The molecule has 1 amide bonds.